The average Bonchev–Trinajstić information content (AvgIpc) is 2.68. The summed E-state index contributed by atoms with van der Waals surface area (Å²) in [6.07, 6.45) is 3.96. The summed E-state index contributed by atoms with van der Waals surface area (Å²) in [6.45, 7) is 8.55. The van der Waals surface area contributed by atoms with Crippen molar-refractivity contribution in [3.8, 4) is 0 Å². The van der Waals surface area contributed by atoms with Gasteiger partial charge >= 0.3 is 0 Å². The second kappa shape index (κ2) is 9.93. The SMILES string of the molecule is CCCCc1ccc(NC(=O)CCSc2cc(C)c3cc(C)cc(C)c3n2)cc1. The van der Waals surface area contributed by atoms with E-state index < -0.39 is 0 Å². The lowest BCUT2D eigenvalue weighted by molar-refractivity contribution is -0.115. The third-order valence-corrected chi connectivity index (χ3v) is 5.98. The first kappa shape index (κ1) is 21.4. The first-order chi connectivity index (χ1) is 14.0. The number of amides is 1. The highest BCUT2D eigenvalue weighted by Gasteiger charge is 2.08. The van der Waals surface area contributed by atoms with Crippen molar-refractivity contribution in [2.75, 3.05) is 11.1 Å². The van der Waals surface area contributed by atoms with E-state index in [1.807, 2.05) is 12.1 Å². The predicted octanol–water partition coefficient (Wildman–Crippen LogP) is 6.62. The molecule has 152 valence electrons. The van der Waals surface area contributed by atoms with Gasteiger partial charge in [-0.1, -0.05) is 37.1 Å². The number of hydrogen-bond donors (Lipinski definition) is 1. The molecule has 1 heterocycles. The molecule has 29 heavy (non-hydrogen) atoms. The number of hydrogen-bond acceptors (Lipinski definition) is 3. The zero-order valence-corrected chi connectivity index (χ0v) is 18.7. The molecule has 0 aliphatic rings. The molecule has 1 N–H and O–H groups in total. The number of carbonyl (C=O) groups excluding carboxylic acids is 1. The van der Waals surface area contributed by atoms with Gasteiger partial charge in [0.25, 0.3) is 0 Å². The molecule has 2 aromatic carbocycles. The van der Waals surface area contributed by atoms with Crippen LogP contribution in [0.4, 0.5) is 5.69 Å². The van der Waals surface area contributed by atoms with Gasteiger partial charge < -0.3 is 5.32 Å². The molecule has 0 aliphatic heterocycles. The molecule has 4 heteroatoms. The van der Waals surface area contributed by atoms with E-state index in [1.165, 1.54) is 40.5 Å². The number of benzene rings is 2. The molecule has 3 rings (SSSR count). The van der Waals surface area contributed by atoms with E-state index in [0.29, 0.717) is 12.2 Å². The first-order valence-corrected chi connectivity index (χ1v) is 11.3. The summed E-state index contributed by atoms with van der Waals surface area (Å²) >= 11 is 1.64. The number of pyridine rings is 1. The Morgan fingerprint density at radius 2 is 1.79 bits per heavy atom. The maximum absolute atomic E-state index is 12.3. The number of anilines is 1. The quantitative estimate of drug-likeness (QED) is 0.427. The Labute approximate surface area is 178 Å². The minimum atomic E-state index is 0.0446. The van der Waals surface area contributed by atoms with Gasteiger partial charge in [0, 0.05) is 23.2 Å². The summed E-state index contributed by atoms with van der Waals surface area (Å²) in [5.74, 6) is 0.756. The van der Waals surface area contributed by atoms with E-state index in [2.05, 4.69) is 63.3 Å². The molecule has 0 unspecified atom stereocenters. The van der Waals surface area contributed by atoms with Crippen LogP contribution in [0.1, 0.15) is 48.4 Å². The molecule has 0 atom stereocenters. The fraction of sp³-hybridized carbons (Fsp3) is 0.360. The molecule has 0 saturated carbocycles. The molecule has 0 fully saturated rings. The highest BCUT2D eigenvalue weighted by atomic mass is 32.2. The molecule has 3 nitrogen and oxygen atoms in total. The molecule has 0 bridgehead atoms. The largest absolute Gasteiger partial charge is 0.326 e. The lowest BCUT2D eigenvalue weighted by Gasteiger charge is -2.10. The highest BCUT2D eigenvalue weighted by molar-refractivity contribution is 7.99. The minimum absolute atomic E-state index is 0.0446. The molecule has 1 amide bonds. The number of aryl methyl sites for hydroxylation is 4. The summed E-state index contributed by atoms with van der Waals surface area (Å²) in [5.41, 5.74) is 6.94. The van der Waals surface area contributed by atoms with Crippen LogP contribution in [0, 0.1) is 20.8 Å². The smallest absolute Gasteiger partial charge is 0.225 e. The van der Waals surface area contributed by atoms with Crippen LogP contribution >= 0.6 is 11.8 Å². The van der Waals surface area contributed by atoms with Gasteiger partial charge in [0.2, 0.25) is 5.91 Å². The van der Waals surface area contributed by atoms with E-state index in [9.17, 15) is 4.79 Å². The van der Waals surface area contributed by atoms with Gasteiger partial charge in [0.15, 0.2) is 0 Å². The topological polar surface area (TPSA) is 42.0 Å². The fourth-order valence-corrected chi connectivity index (χ4v) is 4.41. The number of nitrogens with one attached hydrogen (secondary N) is 1. The number of nitrogens with zero attached hydrogens (tertiary/aromatic N) is 1. The Kier molecular flexibility index (Phi) is 7.32. The lowest BCUT2D eigenvalue weighted by Crippen LogP contribution is -2.12. The van der Waals surface area contributed by atoms with Crippen LogP contribution in [0.15, 0.2) is 47.5 Å². The molecular formula is C25H30N2OS. The van der Waals surface area contributed by atoms with E-state index in [4.69, 9.17) is 4.98 Å². The molecule has 0 spiro atoms. The highest BCUT2D eigenvalue weighted by Crippen LogP contribution is 2.27. The van der Waals surface area contributed by atoms with Crippen LogP contribution in [-0.4, -0.2) is 16.6 Å². The van der Waals surface area contributed by atoms with Crippen LogP contribution in [0.25, 0.3) is 10.9 Å². The van der Waals surface area contributed by atoms with E-state index in [-0.39, 0.29) is 5.91 Å². The first-order valence-electron chi connectivity index (χ1n) is 10.4. The van der Waals surface area contributed by atoms with Crippen molar-refractivity contribution in [2.24, 2.45) is 0 Å². The average molecular weight is 407 g/mol. The third kappa shape index (κ3) is 5.83. The van der Waals surface area contributed by atoms with Crippen LogP contribution in [0.3, 0.4) is 0 Å². The second-order valence-electron chi connectivity index (χ2n) is 7.70. The van der Waals surface area contributed by atoms with Crippen molar-refractivity contribution in [3.63, 3.8) is 0 Å². The Morgan fingerprint density at radius 3 is 2.52 bits per heavy atom. The molecule has 3 aromatic rings. The molecule has 0 radical (unpaired) electrons. The molecule has 0 saturated heterocycles. The van der Waals surface area contributed by atoms with Gasteiger partial charge in [-0.25, -0.2) is 4.98 Å². The van der Waals surface area contributed by atoms with Gasteiger partial charge in [0.1, 0.15) is 0 Å². The molecular weight excluding hydrogens is 376 g/mol. The Balaban J connectivity index is 1.55. The van der Waals surface area contributed by atoms with E-state index >= 15 is 0 Å². The maximum Gasteiger partial charge on any atom is 0.225 e. The van der Waals surface area contributed by atoms with Crippen molar-refractivity contribution in [1.82, 2.24) is 4.98 Å². The number of unbranched alkanes of at least 4 members (excludes halogenated alkanes) is 1. The minimum Gasteiger partial charge on any atom is -0.326 e. The van der Waals surface area contributed by atoms with Crippen LogP contribution in [-0.2, 0) is 11.2 Å². The predicted molar refractivity (Wildman–Crippen MR) is 125 cm³/mol. The van der Waals surface area contributed by atoms with Crippen LogP contribution < -0.4 is 5.32 Å². The van der Waals surface area contributed by atoms with Crippen molar-refractivity contribution in [2.45, 2.75) is 58.4 Å². The zero-order valence-electron chi connectivity index (χ0n) is 17.8. The summed E-state index contributed by atoms with van der Waals surface area (Å²) in [4.78, 5) is 17.1. The van der Waals surface area contributed by atoms with E-state index in [1.54, 1.807) is 11.8 Å². The van der Waals surface area contributed by atoms with E-state index in [0.717, 1.165) is 22.7 Å². The number of rotatable bonds is 8. The van der Waals surface area contributed by atoms with Gasteiger partial charge in [-0.2, -0.15) is 0 Å². The Morgan fingerprint density at radius 1 is 1.03 bits per heavy atom. The summed E-state index contributed by atoms with van der Waals surface area (Å²) in [6, 6.07) is 14.7. The standard InChI is InChI=1S/C25H30N2OS/c1-5-6-7-20-8-10-21(11-9-20)26-23(28)12-13-29-24-16-18(3)22-15-17(2)14-19(4)25(22)27-24/h8-11,14-16H,5-7,12-13H2,1-4H3,(H,26,28). The Hall–Kier alpha value is -2.33. The summed E-state index contributed by atoms with van der Waals surface area (Å²) in [5, 5.41) is 5.19. The maximum atomic E-state index is 12.3. The summed E-state index contributed by atoms with van der Waals surface area (Å²) < 4.78 is 0. The van der Waals surface area contributed by atoms with Crippen LogP contribution in [0.5, 0.6) is 0 Å². The molecule has 1 aromatic heterocycles. The van der Waals surface area contributed by atoms with Crippen LogP contribution in [0.2, 0.25) is 0 Å². The fourth-order valence-electron chi connectivity index (χ4n) is 3.50. The van der Waals surface area contributed by atoms with Gasteiger partial charge in [0.05, 0.1) is 10.5 Å². The van der Waals surface area contributed by atoms with Gasteiger partial charge in [-0.05, 0) is 74.6 Å². The summed E-state index contributed by atoms with van der Waals surface area (Å²) in [7, 11) is 0. The monoisotopic (exact) mass is 406 g/mol. The Bertz CT molecular complexity index is 996. The van der Waals surface area contributed by atoms with Gasteiger partial charge in [-0.3, -0.25) is 4.79 Å². The van der Waals surface area contributed by atoms with Crippen molar-refractivity contribution >= 4 is 34.3 Å². The number of aromatic nitrogens is 1. The van der Waals surface area contributed by atoms with Crippen molar-refractivity contribution < 1.29 is 4.79 Å². The van der Waals surface area contributed by atoms with Crippen molar-refractivity contribution in [1.29, 1.82) is 0 Å². The zero-order chi connectivity index (χ0) is 20.8. The number of fused-ring (bicyclic) bond motifs is 1. The number of thioether (sulfide) groups is 1. The lowest BCUT2D eigenvalue weighted by atomic mass is 10.0. The second-order valence-corrected chi connectivity index (χ2v) is 8.82. The molecule has 0 aliphatic carbocycles. The van der Waals surface area contributed by atoms with Crippen molar-refractivity contribution in [3.05, 3.63) is 64.7 Å². The number of carbonyl (C=O) groups is 1. The third-order valence-electron chi connectivity index (χ3n) is 5.07. The normalized spacial score (nSPS) is 11.0. The van der Waals surface area contributed by atoms with Gasteiger partial charge in [-0.15, -0.1) is 11.8 Å².